The molecule has 0 unspecified atom stereocenters. The molecule has 3 aromatic rings. The number of nitriles is 1. The first-order valence-corrected chi connectivity index (χ1v) is 14.9. The number of aliphatic carboxylic acids is 1. The van der Waals surface area contributed by atoms with Crippen molar-refractivity contribution in [3.8, 4) is 17.2 Å². The predicted octanol–water partition coefficient (Wildman–Crippen LogP) is 8.15. The minimum Gasteiger partial charge on any atom is -0.481 e. The van der Waals surface area contributed by atoms with Gasteiger partial charge in [0.1, 0.15) is 17.7 Å². The summed E-state index contributed by atoms with van der Waals surface area (Å²) >= 11 is 0. The summed E-state index contributed by atoms with van der Waals surface area (Å²) in [6.45, 7) is 6.18. The summed E-state index contributed by atoms with van der Waals surface area (Å²) in [6, 6.07) is 8.59. The Bertz CT molecular complexity index is 1740. The van der Waals surface area contributed by atoms with E-state index in [1.54, 1.807) is 13.0 Å². The lowest BCUT2D eigenvalue weighted by atomic mass is 9.77. The van der Waals surface area contributed by atoms with Crippen molar-refractivity contribution < 1.29 is 45.4 Å². The van der Waals surface area contributed by atoms with Gasteiger partial charge in [0, 0.05) is 18.7 Å². The number of carboxylic acid groups (broad SMARTS) is 1. The van der Waals surface area contributed by atoms with E-state index in [4.69, 9.17) is 0 Å². The lowest BCUT2D eigenvalue weighted by Gasteiger charge is -2.39. The quantitative estimate of drug-likeness (QED) is 0.220. The Kier molecular flexibility index (Phi) is 9.86. The molecule has 1 fully saturated rings. The van der Waals surface area contributed by atoms with Crippen LogP contribution in [0.3, 0.4) is 0 Å². The number of hydrogen-bond acceptors (Lipinski definition) is 6. The van der Waals surface area contributed by atoms with Gasteiger partial charge in [-0.1, -0.05) is 13.0 Å². The molecule has 48 heavy (non-hydrogen) atoms. The highest BCUT2D eigenvalue weighted by Gasteiger charge is 2.40. The molecule has 1 saturated heterocycles. The second kappa shape index (κ2) is 13.1. The monoisotopic (exact) mass is 678 g/mol. The van der Waals surface area contributed by atoms with Crippen LogP contribution in [0.15, 0.2) is 42.5 Å². The summed E-state index contributed by atoms with van der Waals surface area (Å²) in [6.07, 6.45) is -9.16. The van der Waals surface area contributed by atoms with Crippen molar-refractivity contribution in [1.29, 1.82) is 5.26 Å². The number of hydrogen-bond donors (Lipinski definition) is 2. The normalized spacial score (nSPS) is 15.2. The van der Waals surface area contributed by atoms with Gasteiger partial charge in [-0.25, -0.2) is 9.37 Å². The number of alkyl halides is 6. The molecule has 0 atom stereocenters. The minimum absolute atomic E-state index is 0.0109. The van der Waals surface area contributed by atoms with Gasteiger partial charge in [0.05, 0.1) is 35.2 Å². The third-order valence-corrected chi connectivity index (χ3v) is 8.90. The molecule has 2 aromatic carbocycles. The number of nitrogens with zero attached hydrogens (tertiary/aromatic N) is 3. The Morgan fingerprint density at radius 2 is 1.52 bits per heavy atom. The number of aryl methyl sites for hydroxylation is 1. The van der Waals surface area contributed by atoms with Gasteiger partial charge in [0.15, 0.2) is 11.5 Å². The van der Waals surface area contributed by atoms with Crippen LogP contribution in [-0.2, 0) is 27.4 Å². The maximum atomic E-state index is 14.1. The largest absolute Gasteiger partial charge is 0.481 e. The maximum absolute atomic E-state index is 14.1. The topological polar surface area (TPSA) is 106 Å². The maximum Gasteiger partial charge on any atom is 0.416 e. The molecule has 0 radical (unpaired) electrons. The number of ketones is 1. The van der Waals surface area contributed by atoms with Gasteiger partial charge < -0.3 is 15.3 Å². The van der Waals surface area contributed by atoms with E-state index in [1.165, 1.54) is 32.0 Å². The molecule has 0 bridgehead atoms. The first-order valence-electron chi connectivity index (χ1n) is 14.9. The summed E-state index contributed by atoms with van der Waals surface area (Å²) in [7, 11) is 0. The van der Waals surface area contributed by atoms with E-state index in [0.29, 0.717) is 60.6 Å². The van der Waals surface area contributed by atoms with E-state index in [0.717, 1.165) is 0 Å². The van der Waals surface area contributed by atoms with Gasteiger partial charge in [-0.15, -0.1) is 0 Å². The second-order valence-corrected chi connectivity index (χ2v) is 12.9. The van der Waals surface area contributed by atoms with Crippen molar-refractivity contribution in [1.82, 2.24) is 4.98 Å². The van der Waals surface area contributed by atoms with Crippen molar-refractivity contribution in [2.24, 2.45) is 5.41 Å². The molecule has 0 spiro atoms. The van der Waals surface area contributed by atoms with Crippen LogP contribution < -0.4 is 10.2 Å². The molecule has 4 rings (SSSR count). The van der Waals surface area contributed by atoms with Crippen molar-refractivity contribution >= 4 is 23.3 Å². The molecule has 0 amide bonds. The number of rotatable bonds is 9. The van der Waals surface area contributed by atoms with E-state index < -0.39 is 64.0 Å². The molecule has 2 N–H and O–H groups in total. The van der Waals surface area contributed by atoms with Gasteiger partial charge in [-0.05, 0) is 92.1 Å². The summed E-state index contributed by atoms with van der Waals surface area (Å²) in [4.78, 5) is 31.3. The average molecular weight is 679 g/mol. The number of carbonyl (C=O) groups is 2. The van der Waals surface area contributed by atoms with Crippen LogP contribution >= 0.6 is 0 Å². The fourth-order valence-corrected chi connectivity index (χ4v) is 5.78. The highest BCUT2D eigenvalue weighted by Crippen LogP contribution is 2.41. The molecule has 0 saturated carbocycles. The smallest absolute Gasteiger partial charge is 0.416 e. The fraction of sp³-hybridized carbons (Fsp3) is 0.412. The van der Waals surface area contributed by atoms with Gasteiger partial charge >= 0.3 is 18.3 Å². The standard InChI is InChI=1S/C34H33F7N4O3/c1-19-11-23(35)5-6-24(19)25-15-28(45-9-7-32(4,8-10-45)16-29(47)48)44-26(17-42)30(25)43-18-27(46)31(2,3)20-12-21(33(36,37)38)14-22(13-20)34(39,40)41/h5-6,11-15,43H,7-10,16,18H2,1-4H3,(H,47,48). The number of Topliss-reactive ketones (excluding diaryl/α,β-unsaturated/α-hetero) is 1. The van der Waals surface area contributed by atoms with Crippen LogP contribution in [0.5, 0.6) is 0 Å². The minimum atomic E-state index is -5.10. The number of anilines is 2. The Morgan fingerprint density at radius 3 is 2.02 bits per heavy atom. The number of pyridine rings is 1. The van der Waals surface area contributed by atoms with Crippen LogP contribution in [0.1, 0.15) is 68.0 Å². The second-order valence-electron chi connectivity index (χ2n) is 12.9. The summed E-state index contributed by atoms with van der Waals surface area (Å²) in [5.74, 6) is -1.83. The molecular weight excluding hydrogens is 645 g/mol. The highest BCUT2D eigenvalue weighted by atomic mass is 19.4. The van der Waals surface area contributed by atoms with Crippen molar-refractivity contribution in [2.75, 3.05) is 29.9 Å². The molecule has 7 nitrogen and oxygen atoms in total. The SMILES string of the molecule is Cc1cc(F)ccc1-c1cc(N2CCC(C)(CC(=O)O)CC2)nc(C#N)c1NCC(=O)C(C)(C)c1cc(C(F)(F)F)cc(C(F)(F)F)c1. The molecule has 1 aliphatic rings. The van der Waals surface area contributed by atoms with Crippen molar-refractivity contribution in [3.63, 3.8) is 0 Å². The van der Waals surface area contributed by atoms with E-state index in [2.05, 4.69) is 10.3 Å². The molecule has 256 valence electrons. The number of carbonyl (C=O) groups excluding carboxylic acids is 1. The van der Waals surface area contributed by atoms with Gasteiger partial charge in [0.2, 0.25) is 0 Å². The third-order valence-electron chi connectivity index (χ3n) is 8.90. The third kappa shape index (κ3) is 7.89. The van der Waals surface area contributed by atoms with Gasteiger partial charge in [-0.2, -0.15) is 31.6 Å². The Balaban J connectivity index is 1.72. The van der Waals surface area contributed by atoms with Crippen LogP contribution in [0, 0.1) is 29.5 Å². The molecule has 1 aromatic heterocycles. The highest BCUT2D eigenvalue weighted by molar-refractivity contribution is 5.94. The first kappa shape index (κ1) is 36.2. The zero-order valence-electron chi connectivity index (χ0n) is 26.5. The van der Waals surface area contributed by atoms with Gasteiger partial charge in [-0.3, -0.25) is 9.59 Å². The van der Waals surface area contributed by atoms with Crippen molar-refractivity contribution in [2.45, 2.75) is 64.7 Å². The molecule has 2 heterocycles. The molecular formula is C34H33F7N4O3. The Morgan fingerprint density at radius 1 is 0.958 bits per heavy atom. The zero-order valence-corrected chi connectivity index (χ0v) is 26.5. The van der Waals surface area contributed by atoms with Crippen LogP contribution in [0.25, 0.3) is 11.1 Å². The number of halogens is 7. The van der Waals surface area contributed by atoms with Gasteiger partial charge in [0.25, 0.3) is 0 Å². The van der Waals surface area contributed by atoms with Crippen LogP contribution in [0.2, 0.25) is 0 Å². The molecule has 14 heteroatoms. The van der Waals surface area contributed by atoms with Crippen molar-refractivity contribution in [3.05, 3.63) is 76.2 Å². The van der Waals surface area contributed by atoms with E-state index >= 15 is 0 Å². The van der Waals surface area contributed by atoms with E-state index in [1.807, 2.05) is 17.9 Å². The number of nitrogens with one attached hydrogen (secondary N) is 1. The number of benzene rings is 2. The van der Waals surface area contributed by atoms with E-state index in [-0.39, 0.29) is 23.9 Å². The summed E-state index contributed by atoms with van der Waals surface area (Å²) in [5, 5.41) is 22.3. The lowest BCUT2D eigenvalue weighted by molar-refractivity contribution is -0.143. The summed E-state index contributed by atoms with van der Waals surface area (Å²) in [5.41, 5.74) is -4.67. The van der Waals surface area contributed by atoms with Crippen LogP contribution in [-0.4, -0.2) is 41.5 Å². The van der Waals surface area contributed by atoms with Crippen LogP contribution in [0.4, 0.5) is 42.2 Å². The number of piperidine rings is 1. The average Bonchev–Trinajstić information content (AvgIpc) is 2.98. The predicted molar refractivity (Wildman–Crippen MR) is 164 cm³/mol. The summed E-state index contributed by atoms with van der Waals surface area (Å²) < 4.78 is 95.3. The fourth-order valence-electron chi connectivity index (χ4n) is 5.78. The number of aromatic nitrogens is 1. The Hall–Kier alpha value is -4.67. The Labute approximate surface area is 272 Å². The molecule has 1 aliphatic heterocycles. The zero-order chi connectivity index (χ0) is 35.8. The molecule has 0 aliphatic carbocycles. The van der Waals surface area contributed by atoms with E-state index in [9.17, 15) is 50.7 Å². The number of carboxylic acids is 1. The first-order chi connectivity index (χ1) is 22.1. The lowest BCUT2D eigenvalue weighted by Crippen LogP contribution is -2.40.